The van der Waals surface area contributed by atoms with E-state index in [0.29, 0.717) is 10.8 Å². The molecule has 6 heteroatoms. The fraction of sp³-hybridized carbons (Fsp3) is 0.333. The van der Waals surface area contributed by atoms with Gasteiger partial charge in [-0.2, -0.15) is 0 Å². The molecule has 0 aliphatic carbocycles. The fourth-order valence-electron chi connectivity index (χ4n) is 4.06. The van der Waals surface area contributed by atoms with Crippen LogP contribution in [0.4, 0.5) is 4.39 Å². The first-order chi connectivity index (χ1) is 14.4. The van der Waals surface area contributed by atoms with Crippen LogP contribution in [0.2, 0.25) is 5.02 Å². The fourth-order valence-corrected chi connectivity index (χ4v) is 4.33. The Morgan fingerprint density at radius 1 is 1.20 bits per heavy atom. The van der Waals surface area contributed by atoms with Crippen molar-refractivity contribution in [2.75, 3.05) is 6.54 Å². The Hall–Kier alpha value is -2.66. The number of likely N-dealkylation sites (tertiary alicyclic amines) is 1. The third-order valence-corrected chi connectivity index (χ3v) is 5.99. The van der Waals surface area contributed by atoms with Crippen molar-refractivity contribution in [2.24, 2.45) is 0 Å². The number of carbonyl (C=O) groups excluding carboxylic acids is 1. The number of amides is 1. The van der Waals surface area contributed by atoms with E-state index >= 15 is 0 Å². The predicted octanol–water partition coefficient (Wildman–Crippen LogP) is 5.86. The molecule has 2 aromatic carbocycles. The number of carbonyl (C=O) groups is 1. The minimum absolute atomic E-state index is 0.0158. The first-order valence-corrected chi connectivity index (χ1v) is 10.6. The average Bonchev–Trinajstić information content (AvgIpc) is 2.73. The molecule has 3 aromatic rings. The van der Waals surface area contributed by atoms with Crippen molar-refractivity contribution < 1.29 is 13.9 Å². The monoisotopic (exact) mass is 426 g/mol. The molecule has 2 heterocycles. The van der Waals surface area contributed by atoms with Crippen LogP contribution in [0.5, 0.6) is 5.75 Å². The zero-order chi connectivity index (χ0) is 21.3. The van der Waals surface area contributed by atoms with Crippen molar-refractivity contribution in [3.63, 3.8) is 0 Å². The van der Waals surface area contributed by atoms with Gasteiger partial charge in [0.1, 0.15) is 11.6 Å². The molecule has 1 aliphatic heterocycles. The molecule has 1 fully saturated rings. The van der Waals surface area contributed by atoms with E-state index in [1.165, 1.54) is 12.1 Å². The third kappa shape index (κ3) is 4.12. The summed E-state index contributed by atoms with van der Waals surface area (Å²) in [5, 5.41) is 1.22. The number of hydrogen-bond acceptors (Lipinski definition) is 3. The Kier molecular flexibility index (Phi) is 5.91. The Morgan fingerprint density at radius 2 is 2.03 bits per heavy atom. The number of rotatable bonds is 4. The Balaban J connectivity index is 1.59. The van der Waals surface area contributed by atoms with E-state index in [0.717, 1.165) is 47.8 Å². The van der Waals surface area contributed by atoms with Gasteiger partial charge in [0.15, 0.2) is 6.10 Å². The lowest BCUT2D eigenvalue weighted by Gasteiger charge is -2.35. The summed E-state index contributed by atoms with van der Waals surface area (Å²) in [7, 11) is 0. The number of aromatic nitrogens is 1. The summed E-state index contributed by atoms with van der Waals surface area (Å²) >= 11 is 6.26. The molecule has 1 aromatic heterocycles. The first-order valence-electron chi connectivity index (χ1n) is 10.3. The number of ether oxygens (including phenoxy) is 1. The van der Waals surface area contributed by atoms with Crippen LogP contribution in [0, 0.1) is 5.82 Å². The van der Waals surface area contributed by atoms with E-state index in [1.807, 2.05) is 29.2 Å². The minimum Gasteiger partial charge on any atom is -0.481 e. The van der Waals surface area contributed by atoms with Crippen molar-refractivity contribution in [1.82, 2.24) is 9.88 Å². The van der Waals surface area contributed by atoms with Gasteiger partial charge in [-0.25, -0.2) is 4.39 Å². The molecule has 0 saturated carbocycles. The molecule has 30 heavy (non-hydrogen) atoms. The molecular weight excluding hydrogens is 403 g/mol. The molecule has 0 spiro atoms. The predicted molar refractivity (Wildman–Crippen MR) is 117 cm³/mol. The van der Waals surface area contributed by atoms with Gasteiger partial charge in [-0.3, -0.25) is 9.78 Å². The molecule has 1 unspecified atom stereocenters. The summed E-state index contributed by atoms with van der Waals surface area (Å²) in [5.41, 5.74) is 2.32. The Morgan fingerprint density at radius 3 is 2.80 bits per heavy atom. The third-order valence-electron chi connectivity index (χ3n) is 5.68. The van der Waals surface area contributed by atoms with Gasteiger partial charge >= 0.3 is 0 Å². The quantitative estimate of drug-likeness (QED) is 0.524. The van der Waals surface area contributed by atoms with E-state index < -0.39 is 6.10 Å². The lowest BCUT2D eigenvalue weighted by Crippen LogP contribution is -2.47. The largest absolute Gasteiger partial charge is 0.481 e. The van der Waals surface area contributed by atoms with Crippen LogP contribution in [-0.4, -0.2) is 34.5 Å². The molecule has 4 rings (SSSR count). The molecular formula is C24H24ClFN2O2. The van der Waals surface area contributed by atoms with E-state index in [-0.39, 0.29) is 17.8 Å². The highest BCUT2D eigenvalue weighted by atomic mass is 35.5. The van der Waals surface area contributed by atoms with E-state index in [1.54, 1.807) is 19.2 Å². The van der Waals surface area contributed by atoms with Gasteiger partial charge in [0, 0.05) is 35.8 Å². The number of halogens is 2. The van der Waals surface area contributed by atoms with E-state index in [2.05, 4.69) is 11.9 Å². The maximum atomic E-state index is 13.4. The molecule has 1 amide bonds. The standard InChI is InChI=1S/C24H24ClFN2O2/c1-15-5-3-4-12-28(15)24(29)16(2)30-18-7-9-21-19(10-11-27-23(21)14-18)20-8-6-17(26)13-22(20)25/h6-11,13-16H,3-5,12H2,1-2H3/t15?,16-/m1/s1. The molecule has 0 radical (unpaired) electrons. The number of hydrogen-bond donors (Lipinski definition) is 0. The van der Waals surface area contributed by atoms with Gasteiger partial charge in [0.05, 0.1) is 10.5 Å². The van der Waals surface area contributed by atoms with Crippen LogP contribution in [0.3, 0.4) is 0 Å². The number of pyridine rings is 1. The van der Waals surface area contributed by atoms with Crippen LogP contribution in [0.25, 0.3) is 22.0 Å². The highest BCUT2D eigenvalue weighted by Crippen LogP contribution is 2.34. The second-order valence-electron chi connectivity index (χ2n) is 7.80. The first kappa shape index (κ1) is 20.6. The SMILES string of the molecule is CC1CCCCN1C(=O)[C@@H](C)Oc1ccc2c(-c3ccc(F)cc3Cl)ccnc2c1. The smallest absolute Gasteiger partial charge is 0.263 e. The maximum absolute atomic E-state index is 13.4. The van der Waals surface area contributed by atoms with Gasteiger partial charge in [-0.05, 0) is 75.1 Å². The van der Waals surface area contributed by atoms with Gasteiger partial charge in [0.25, 0.3) is 5.91 Å². The Labute approximate surface area is 180 Å². The Bertz CT molecular complexity index is 1090. The highest BCUT2D eigenvalue weighted by molar-refractivity contribution is 6.33. The van der Waals surface area contributed by atoms with Crippen LogP contribution in [-0.2, 0) is 4.79 Å². The molecule has 0 N–H and O–H groups in total. The molecule has 1 saturated heterocycles. The van der Waals surface area contributed by atoms with Crippen LogP contribution in [0.1, 0.15) is 33.1 Å². The molecule has 156 valence electrons. The second kappa shape index (κ2) is 8.60. The summed E-state index contributed by atoms with van der Waals surface area (Å²) in [5.74, 6) is 0.226. The van der Waals surface area contributed by atoms with Gasteiger partial charge < -0.3 is 9.64 Å². The van der Waals surface area contributed by atoms with Gasteiger partial charge in [0.2, 0.25) is 0 Å². The van der Waals surface area contributed by atoms with Crippen molar-refractivity contribution in [2.45, 2.75) is 45.3 Å². The minimum atomic E-state index is -0.572. The van der Waals surface area contributed by atoms with Gasteiger partial charge in [-0.1, -0.05) is 11.6 Å². The van der Waals surface area contributed by atoms with Crippen molar-refractivity contribution in [3.8, 4) is 16.9 Å². The topological polar surface area (TPSA) is 42.4 Å². The summed E-state index contributed by atoms with van der Waals surface area (Å²) in [6.45, 7) is 4.66. The zero-order valence-corrected chi connectivity index (χ0v) is 17.8. The maximum Gasteiger partial charge on any atom is 0.263 e. The highest BCUT2D eigenvalue weighted by Gasteiger charge is 2.28. The number of nitrogens with zero attached hydrogens (tertiary/aromatic N) is 2. The number of fused-ring (bicyclic) bond motifs is 1. The van der Waals surface area contributed by atoms with Crippen LogP contribution < -0.4 is 4.74 Å². The van der Waals surface area contributed by atoms with Crippen molar-refractivity contribution >= 4 is 28.4 Å². The number of piperidine rings is 1. The summed E-state index contributed by atoms with van der Waals surface area (Å²) in [6.07, 6.45) is 4.35. The molecule has 0 bridgehead atoms. The average molecular weight is 427 g/mol. The lowest BCUT2D eigenvalue weighted by molar-refractivity contribution is -0.141. The van der Waals surface area contributed by atoms with Crippen molar-refractivity contribution in [1.29, 1.82) is 0 Å². The molecule has 2 atom stereocenters. The zero-order valence-electron chi connectivity index (χ0n) is 17.1. The van der Waals surface area contributed by atoms with E-state index in [9.17, 15) is 9.18 Å². The van der Waals surface area contributed by atoms with E-state index in [4.69, 9.17) is 16.3 Å². The summed E-state index contributed by atoms with van der Waals surface area (Å²) in [6, 6.07) is 12.0. The molecule has 1 aliphatic rings. The normalized spacial score (nSPS) is 17.7. The van der Waals surface area contributed by atoms with Crippen LogP contribution in [0.15, 0.2) is 48.7 Å². The summed E-state index contributed by atoms with van der Waals surface area (Å²) < 4.78 is 19.4. The van der Waals surface area contributed by atoms with Crippen molar-refractivity contribution in [3.05, 3.63) is 59.5 Å². The second-order valence-corrected chi connectivity index (χ2v) is 8.21. The van der Waals surface area contributed by atoms with Gasteiger partial charge in [-0.15, -0.1) is 0 Å². The summed E-state index contributed by atoms with van der Waals surface area (Å²) in [4.78, 5) is 19.2. The van der Waals surface area contributed by atoms with Crippen LogP contribution >= 0.6 is 11.6 Å². The lowest BCUT2D eigenvalue weighted by atomic mass is 10.0. The number of benzene rings is 2. The molecule has 4 nitrogen and oxygen atoms in total.